The SMILES string of the molecule is O=c1oc(-c2ccc(-c3nc4ccccc4c(=O)o3)cc2)nc2ccccc12.[NaH]. The van der Waals surface area contributed by atoms with Crippen LogP contribution in [0.4, 0.5) is 0 Å². The van der Waals surface area contributed by atoms with Gasteiger partial charge in [0, 0.05) is 11.1 Å². The molecule has 0 aliphatic carbocycles. The maximum absolute atomic E-state index is 12.2. The Labute approximate surface area is 186 Å². The van der Waals surface area contributed by atoms with Crippen LogP contribution in [0.3, 0.4) is 0 Å². The molecule has 0 bridgehead atoms. The minimum absolute atomic E-state index is 0. The summed E-state index contributed by atoms with van der Waals surface area (Å²) in [6.07, 6.45) is 0. The zero-order chi connectivity index (χ0) is 19.1. The Morgan fingerprint density at radius 2 is 0.931 bits per heavy atom. The molecular weight excluding hydrogens is 379 g/mol. The molecule has 0 saturated carbocycles. The van der Waals surface area contributed by atoms with Crippen molar-refractivity contribution in [1.82, 2.24) is 9.97 Å². The maximum atomic E-state index is 12.2. The Morgan fingerprint density at radius 3 is 1.34 bits per heavy atom. The molecular formula is C22H13N2NaO4. The molecule has 0 aliphatic rings. The molecule has 0 saturated heterocycles. The second-order valence-corrected chi connectivity index (χ2v) is 6.22. The second-order valence-electron chi connectivity index (χ2n) is 6.22. The first kappa shape index (κ1) is 19.3. The average Bonchev–Trinajstić information content (AvgIpc) is 2.74. The molecule has 5 rings (SSSR count). The van der Waals surface area contributed by atoms with Gasteiger partial charge in [-0.15, -0.1) is 0 Å². The summed E-state index contributed by atoms with van der Waals surface area (Å²) < 4.78 is 10.7. The third-order valence-electron chi connectivity index (χ3n) is 4.45. The van der Waals surface area contributed by atoms with Gasteiger partial charge in [0.2, 0.25) is 11.8 Å². The van der Waals surface area contributed by atoms with Gasteiger partial charge in [0.25, 0.3) is 0 Å². The summed E-state index contributed by atoms with van der Waals surface area (Å²) in [4.78, 5) is 33.1. The van der Waals surface area contributed by atoms with Crippen molar-refractivity contribution in [2.75, 3.05) is 0 Å². The van der Waals surface area contributed by atoms with E-state index in [-0.39, 0.29) is 41.3 Å². The van der Waals surface area contributed by atoms with E-state index in [0.29, 0.717) is 32.9 Å². The molecule has 3 aromatic carbocycles. The van der Waals surface area contributed by atoms with Crippen LogP contribution < -0.4 is 11.3 Å². The molecule has 2 aromatic heterocycles. The van der Waals surface area contributed by atoms with Crippen LogP contribution in [0.15, 0.2) is 91.2 Å². The Balaban J connectivity index is 0.00000205. The Hall–Kier alpha value is -3.06. The third kappa shape index (κ3) is 3.53. The monoisotopic (exact) mass is 392 g/mol. The Morgan fingerprint density at radius 1 is 0.552 bits per heavy atom. The fourth-order valence-corrected chi connectivity index (χ4v) is 3.04. The number of hydrogen-bond donors (Lipinski definition) is 0. The molecule has 0 aliphatic heterocycles. The van der Waals surface area contributed by atoms with Crippen molar-refractivity contribution < 1.29 is 8.83 Å². The van der Waals surface area contributed by atoms with E-state index in [4.69, 9.17) is 8.83 Å². The number of aromatic nitrogens is 2. The van der Waals surface area contributed by atoms with Crippen molar-refractivity contribution in [3.8, 4) is 22.9 Å². The summed E-state index contributed by atoms with van der Waals surface area (Å²) in [5.41, 5.74) is 1.53. The van der Waals surface area contributed by atoms with E-state index in [0.717, 1.165) is 0 Å². The van der Waals surface area contributed by atoms with E-state index < -0.39 is 11.3 Å². The Bertz CT molecular complexity index is 1340. The van der Waals surface area contributed by atoms with Gasteiger partial charge >= 0.3 is 40.8 Å². The molecule has 0 atom stereocenters. The number of hydrogen-bond acceptors (Lipinski definition) is 6. The molecule has 0 amide bonds. The van der Waals surface area contributed by atoms with Crippen LogP contribution in [0.2, 0.25) is 0 Å². The summed E-state index contributed by atoms with van der Waals surface area (Å²) in [7, 11) is 0. The Kier molecular flexibility index (Phi) is 5.15. The second kappa shape index (κ2) is 7.75. The number of benzene rings is 3. The molecule has 29 heavy (non-hydrogen) atoms. The molecule has 0 radical (unpaired) electrons. The van der Waals surface area contributed by atoms with E-state index in [9.17, 15) is 9.59 Å². The summed E-state index contributed by atoms with van der Waals surface area (Å²) >= 11 is 0. The van der Waals surface area contributed by atoms with Crippen LogP contribution in [0.5, 0.6) is 0 Å². The van der Waals surface area contributed by atoms with Crippen molar-refractivity contribution in [1.29, 1.82) is 0 Å². The van der Waals surface area contributed by atoms with Gasteiger partial charge in [-0.05, 0) is 48.5 Å². The van der Waals surface area contributed by atoms with Gasteiger partial charge < -0.3 is 8.83 Å². The van der Waals surface area contributed by atoms with E-state index in [1.165, 1.54) is 0 Å². The van der Waals surface area contributed by atoms with Crippen LogP contribution >= 0.6 is 0 Å². The molecule has 7 heteroatoms. The molecule has 0 unspecified atom stereocenters. The van der Waals surface area contributed by atoms with Crippen LogP contribution in [-0.2, 0) is 0 Å². The number of fused-ring (bicyclic) bond motifs is 2. The number of nitrogens with zero attached hydrogens (tertiary/aromatic N) is 2. The molecule has 0 fully saturated rings. The standard InChI is InChI=1S/C22H12N2O4.Na.H/c25-21-15-5-1-3-7-17(15)23-19(27-21)13-9-11-14(12-10-13)20-24-18-8-4-2-6-16(18)22(26)28-20;;/h1-12H;;. The molecule has 6 nitrogen and oxygen atoms in total. The first-order valence-electron chi connectivity index (χ1n) is 8.60. The van der Waals surface area contributed by atoms with E-state index in [1.54, 1.807) is 60.7 Å². The molecule has 2 heterocycles. The first-order chi connectivity index (χ1) is 13.7. The van der Waals surface area contributed by atoms with Crippen LogP contribution in [-0.4, -0.2) is 39.5 Å². The van der Waals surface area contributed by atoms with Crippen molar-refractivity contribution in [2.24, 2.45) is 0 Å². The first-order valence-corrected chi connectivity index (χ1v) is 8.60. The summed E-state index contributed by atoms with van der Waals surface area (Å²) in [5, 5.41) is 0.870. The van der Waals surface area contributed by atoms with Crippen LogP contribution in [0.25, 0.3) is 44.7 Å². The van der Waals surface area contributed by atoms with E-state index >= 15 is 0 Å². The molecule has 136 valence electrons. The van der Waals surface area contributed by atoms with E-state index in [2.05, 4.69) is 9.97 Å². The number of rotatable bonds is 2. The van der Waals surface area contributed by atoms with E-state index in [1.807, 2.05) is 12.1 Å². The van der Waals surface area contributed by atoms with Crippen molar-refractivity contribution >= 4 is 51.4 Å². The minimum atomic E-state index is -0.438. The van der Waals surface area contributed by atoms with Gasteiger partial charge in [0.15, 0.2) is 0 Å². The van der Waals surface area contributed by atoms with Crippen molar-refractivity contribution in [2.45, 2.75) is 0 Å². The van der Waals surface area contributed by atoms with Gasteiger partial charge in [0.05, 0.1) is 21.8 Å². The fraction of sp³-hybridized carbons (Fsp3) is 0. The summed E-state index contributed by atoms with van der Waals surface area (Å²) in [5.74, 6) is 0.450. The van der Waals surface area contributed by atoms with Gasteiger partial charge in [-0.2, -0.15) is 0 Å². The summed E-state index contributed by atoms with van der Waals surface area (Å²) in [6, 6.07) is 21.0. The fourth-order valence-electron chi connectivity index (χ4n) is 3.04. The molecule has 0 spiro atoms. The predicted octanol–water partition coefficient (Wildman–Crippen LogP) is 3.37. The number of para-hydroxylation sites is 2. The zero-order valence-electron chi connectivity index (χ0n) is 14.5. The van der Waals surface area contributed by atoms with Gasteiger partial charge in [-0.3, -0.25) is 0 Å². The van der Waals surface area contributed by atoms with Crippen LogP contribution in [0, 0.1) is 0 Å². The zero-order valence-corrected chi connectivity index (χ0v) is 14.5. The topological polar surface area (TPSA) is 86.2 Å². The quantitative estimate of drug-likeness (QED) is 0.428. The molecule has 5 aromatic rings. The van der Waals surface area contributed by atoms with Gasteiger partial charge in [0.1, 0.15) is 0 Å². The normalized spacial score (nSPS) is 10.8. The van der Waals surface area contributed by atoms with Crippen molar-refractivity contribution in [3.63, 3.8) is 0 Å². The van der Waals surface area contributed by atoms with Crippen LogP contribution in [0.1, 0.15) is 0 Å². The third-order valence-corrected chi connectivity index (χ3v) is 4.45. The van der Waals surface area contributed by atoms with Crippen molar-refractivity contribution in [3.05, 3.63) is 93.6 Å². The van der Waals surface area contributed by atoms with Gasteiger partial charge in [-0.1, -0.05) is 24.3 Å². The van der Waals surface area contributed by atoms with Gasteiger partial charge in [-0.25, -0.2) is 19.6 Å². The molecule has 0 N–H and O–H groups in total. The average molecular weight is 392 g/mol. The predicted molar refractivity (Wildman–Crippen MR) is 112 cm³/mol. The summed E-state index contributed by atoms with van der Waals surface area (Å²) in [6.45, 7) is 0.